The van der Waals surface area contributed by atoms with Gasteiger partial charge in [0.25, 0.3) is 0 Å². The number of benzene rings is 1. The number of rotatable bonds is 2. The first kappa shape index (κ1) is 17.7. The van der Waals surface area contributed by atoms with Crippen molar-refractivity contribution in [2.45, 2.75) is 45.0 Å². The lowest BCUT2D eigenvalue weighted by Crippen LogP contribution is -2.43. The Labute approximate surface area is 145 Å². The monoisotopic (exact) mass is 348 g/mol. The van der Waals surface area contributed by atoms with Gasteiger partial charge in [0.1, 0.15) is 0 Å². The van der Waals surface area contributed by atoms with Crippen molar-refractivity contribution in [3.63, 3.8) is 0 Å². The number of hydrogen-bond acceptors (Lipinski definition) is 0. The molecule has 0 fully saturated rings. The third-order valence-electron chi connectivity index (χ3n) is 4.78. The largest absolute Gasteiger partial charge is 0.340 e. The summed E-state index contributed by atoms with van der Waals surface area (Å²) in [7, 11) is 0. The molecule has 1 aromatic carbocycles. The predicted molar refractivity (Wildman–Crippen MR) is 92.8 cm³/mol. The Morgan fingerprint density at radius 3 is 1.96 bits per heavy atom. The highest BCUT2D eigenvalue weighted by molar-refractivity contribution is 5.74. The highest BCUT2D eigenvalue weighted by Gasteiger charge is 2.61. The molecular formula is C21H20F4. The van der Waals surface area contributed by atoms with E-state index in [9.17, 15) is 17.6 Å². The maximum Gasteiger partial charge on any atom is 0.340 e. The normalized spacial score (nSPS) is 22.3. The zero-order valence-electron chi connectivity index (χ0n) is 14.3. The molecule has 2 aliphatic rings. The average Bonchev–Trinajstić information content (AvgIpc) is 2.65. The molecule has 0 bridgehead atoms. The molecule has 3 rings (SSSR count). The van der Waals surface area contributed by atoms with Crippen molar-refractivity contribution in [1.29, 1.82) is 0 Å². The minimum absolute atomic E-state index is 0.0593. The van der Waals surface area contributed by atoms with Crippen LogP contribution in [0.25, 0.3) is 5.57 Å². The Morgan fingerprint density at radius 1 is 0.760 bits per heavy atom. The molecule has 0 amide bonds. The molecule has 0 radical (unpaired) electrons. The SMILES string of the molecule is CC1=CC=C(C2=CCC=C(c3ccc(C)cc3)C(F)(F)C2(F)F)CC1. The molecular weight excluding hydrogens is 328 g/mol. The van der Waals surface area contributed by atoms with Crippen molar-refractivity contribution in [2.24, 2.45) is 0 Å². The van der Waals surface area contributed by atoms with Gasteiger partial charge < -0.3 is 0 Å². The molecule has 25 heavy (non-hydrogen) atoms. The Hall–Kier alpha value is -2.10. The average molecular weight is 348 g/mol. The summed E-state index contributed by atoms with van der Waals surface area (Å²) in [5.74, 6) is -8.51. The molecule has 0 saturated heterocycles. The molecule has 0 N–H and O–H groups in total. The number of allylic oxidation sites excluding steroid dienone is 8. The van der Waals surface area contributed by atoms with E-state index in [4.69, 9.17) is 0 Å². The van der Waals surface area contributed by atoms with Crippen LogP contribution in [0, 0.1) is 6.92 Å². The molecule has 0 unspecified atom stereocenters. The van der Waals surface area contributed by atoms with Crippen LogP contribution >= 0.6 is 0 Å². The number of alkyl halides is 4. The molecule has 0 atom stereocenters. The number of halogens is 4. The smallest absolute Gasteiger partial charge is 0.194 e. The molecule has 0 spiro atoms. The summed E-state index contributed by atoms with van der Waals surface area (Å²) >= 11 is 0. The second kappa shape index (κ2) is 6.32. The van der Waals surface area contributed by atoms with Crippen molar-refractivity contribution in [3.8, 4) is 0 Å². The standard InChI is InChI=1S/C21H20F4/c1-14-6-10-16(11-7-14)18-4-3-5-19(21(24,25)20(18,22)23)17-12-8-15(2)9-13-17/h4-8,10-12H,3,9,13H2,1-2H3. The molecule has 132 valence electrons. The van der Waals surface area contributed by atoms with Gasteiger partial charge in [0, 0.05) is 11.1 Å². The van der Waals surface area contributed by atoms with Crippen LogP contribution in [0.2, 0.25) is 0 Å². The maximum atomic E-state index is 14.9. The number of aryl methyl sites for hydroxylation is 1. The molecule has 2 aliphatic carbocycles. The first-order chi connectivity index (χ1) is 11.7. The van der Waals surface area contributed by atoms with Gasteiger partial charge in [-0.3, -0.25) is 0 Å². The molecule has 4 heteroatoms. The first-order valence-electron chi connectivity index (χ1n) is 8.34. The Balaban J connectivity index is 2.03. The van der Waals surface area contributed by atoms with E-state index < -0.39 is 23.0 Å². The van der Waals surface area contributed by atoms with E-state index in [2.05, 4.69) is 0 Å². The first-order valence-corrected chi connectivity index (χ1v) is 8.34. The summed E-state index contributed by atoms with van der Waals surface area (Å²) < 4.78 is 59.5. The van der Waals surface area contributed by atoms with Crippen LogP contribution in [0.5, 0.6) is 0 Å². The maximum absolute atomic E-state index is 14.9. The van der Waals surface area contributed by atoms with Crippen LogP contribution in [0.3, 0.4) is 0 Å². The van der Waals surface area contributed by atoms with Gasteiger partial charge in [-0.15, -0.1) is 0 Å². The van der Waals surface area contributed by atoms with E-state index in [1.807, 2.05) is 13.8 Å². The highest BCUT2D eigenvalue weighted by atomic mass is 19.3. The minimum atomic E-state index is -4.26. The second-order valence-electron chi connectivity index (χ2n) is 6.69. The van der Waals surface area contributed by atoms with E-state index in [0.717, 1.165) is 11.1 Å². The van der Waals surface area contributed by atoms with Gasteiger partial charge in [-0.05, 0) is 44.2 Å². The fraction of sp³-hybridized carbons (Fsp3) is 0.333. The molecule has 0 heterocycles. The highest BCUT2D eigenvalue weighted by Crippen LogP contribution is 2.52. The van der Waals surface area contributed by atoms with Gasteiger partial charge in [-0.2, -0.15) is 17.6 Å². The molecule has 0 aromatic heterocycles. The van der Waals surface area contributed by atoms with Crippen molar-refractivity contribution in [2.75, 3.05) is 0 Å². The van der Waals surface area contributed by atoms with Crippen LogP contribution in [0.4, 0.5) is 17.6 Å². The van der Waals surface area contributed by atoms with Crippen molar-refractivity contribution >= 4 is 5.57 Å². The van der Waals surface area contributed by atoms with Crippen LogP contribution in [0.1, 0.15) is 37.3 Å². The van der Waals surface area contributed by atoms with E-state index in [0.29, 0.717) is 18.4 Å². The summed E-state index contributed by atoms with van der Waals surface area (Å²) in [4.78, 5) is 0. The fourth-order valence-corrected chi connectivity index (χ4v) is 3.22. The van der Waals surface area contributed by atoms with E-state index in [1.165, 1.54) is 24.3 Å². The van der Waals surface area contributed by atoms with Crippen LogP contribution in [-0.4, -0.2) is 11.8 Å². The van der Waals surface area contributed by atoms with E-state index in [1.54, 1.807) is 24.3 Å². The zero-order chi connectivity index (χ0) is 18.2. The summed E-state index contributed by atoms with van der Waals surface area (Å²) in [5.41, 5.74) is 1.24. The lowest BCUT2D eigenvalue weighted by atomic mass is 9.86. The van der Waals surface area contributed by atoms with Crippen LogP contribution in [-0.2, 0) is 0 Å². The molecule has 0 nitrogen and oxygen atoms in total. The summed E-state index contributed by atoms with van der Waals surface area (Å²) in [6, 6.07) is 6.26. The van der Waals surface area contributed by atoms with Gasteiger partial charge in [0.2, 0.25) is 0 Å². The number of hydrogen-bond donors (Lipinski definition) is 0. The molecule has 0 saturated carbocycles. The summed E-state index contributed by atoms with van der Waals surface area (Å²) in [5, 5.41) is 0. The van der Waals surface area contributed by atoms with Crippen molar-refractivity contribution in [1.82, 2.24) is 0 Å². The van der Waals surface area contributed by atoms with Gasteiger partial charge in [0.15, 0.2) is 0 Å². The predicted octanol–water partition coefficient (Wildman–Crippen LogP) is 6.65. The van der Waals surface area contributed by atoms with Gasteiger partial charge >= 0.3 is 11.8 Å². The minimum Gasteiger partial charge on any atom is -0.194 e. The summed E-state index contributed by atoms with van der Waals surface area (Å²) in [6.07, 6.45) is 6.77. The van der Waals surface area contributed by atoms with Crippen LogP contribution < -0.4 is 0 Å². The zero-order valence-corrected chi connectivity index (χ0v) is 14.3. The van der Waals surface area contributed by atoms with Gasteiger partial charge in [-0.1, -0.05) is 59.7 Å². The van der Waals surface area contributed by atoms with E-state index >= 15 is 0 Å². The van der Waals surface area contributed by atoms with Crippen molar-refractivity contribution in [3.05, 3.63) is 76.4 Å². The van der Waals surface area contributed by atoms with Gasteiger partial charge in [-0.25, -0.2) is 0 Å². The third-order valence-corrected chi connectivity index (χ3v) is 4.78. The fourth-order valence-electron chi connectivity index (χ4n) is 3.22. The molecule has 1 aromatic rings. The quantitative estimate of drug-likeness (QED) is 0.525. The van der Waals surface area contributed by atoms with Crippen molar-refractivity contribution < 1.29 is 17.6 Å². The van der Waals surface area contributed by atoms with Crippen LogP contribution in [0.15, 0.2) is 65.3 Å². The Kier molecular flexibility index (Phi) is 4.48. The summed E-state index contributed by atoms with van der Waals surface area (Å²) in [6.45, 7) is 3.72. The lowest BCUT2D eigenvalue weighted by Gasteiger charge is -2.31. The van der Waals surface area contributed by atoms with E-state index in [-0.39, 0.29) is 12.0 Å². The Bertz CT molecular complexity index is 790. The lowest BCUT2D eigenvalue weighted by molar-refractivity contribution is -0.145. The Morgan fingerprint density at radius 2 is 1.36 bits per heavy atom. The van der Waals surface area contributed by atoms with Gasteiger partial charge in [0.05, 0.1) is 0 Å². The molecule has 0 aliphatic heterocycles. The topological polar surface area (TPSA) is 0 Å². The second-order valence-corrected chi connectivity index (χ2v) is 6.69. The third kappa shape index (κ3) is 3.10.